The Morgan fingerprint density at radius 2 is 1.09 bits per heavy atom. The van der Waals surface area contributed by atoms with Crippen LogP contribution in [0.25, 0.3) is 0 Å². The van der Waals surface area contributed by atoms with Crippen LogP contribution in [0.2, 0.25) is 0 Å². The average Bonchev–Trinajstić information content (AvgIpc) is 2.99. The summed E-state index contributed by atoms with van der Waals surface area (Å²) in [6, 6.07) is 0. The standard InChI is InChI=1S/C16H26O7.C9H16O3.C7H12O3/c1-11(2)14(20)22-5-6-23-15(21)12(3)7-16(9-18,10-19)13(4)8-17;1-7(2)8(11)12-6-9(3,4)5-10;1-5(2)7(9)10-4-6(3)8/h7,13,17-19H,1,5-6,8-10H2,2-4H3;10H,1,5-6H2,2-4H3;6,8H,1,4H2,2-3H3. The molecule has 13 nitrogen and oxygen atoms in total. The molecule has 0 aliphatic carbocycles. The maximum atomic E-state index is 11.9. The highest BCUT2D eigenvalue weighted by Crippen LogP contribution is 2.30. The Bertz CT molecular complexity index is 1000. The van der Waals surface area contributed by atoms with Gasteiger partial charge in [-0.3, -0.25) is 0 Å². The van der Waals surface area contributed by atoms with Gasteiger partial charge >= 0.3 is 23.9 Å². The summed E-state index contributed by atoms with van der Waals surface area (Å²) in [4.78, 5) is 44.5. The summed E-state index contributed by atoms with van der Waals surface area (Å²) in [5.41, 5.74) is -0.333. The number of esters is 4. The van der Waals surface area contributed by atoms with Crippen LogP contribution < -0.4 is 0 Å². The molecular formula is C32H54O13. The minimum Gasteiger partial charge on any atom is -0.462 e. The van der Waals surface area contributed by atoms with Crippen molar-refractivity contribution in [3.8, 4) is 0 Å². The second-order valence-electron chi connectivity index (χ2n) is 11.4. The van der Waals surface area contributed by atoms with Gasteiger partial charge in [-0.1, -0.05) is 46.6 Å². The summed E-state index contributed by atoms with van der Waals surface area (Å²) in [6.07, 6.45) is 0.791. The van der Waals surface area contributed by atoms with Gasteiger partial charge in [0, 0.05) is 39.7 Å². The minimum atomic E-state index is -1.12. The molecule has 0 spiro atoms. The van der Waals surface area contributed by atoms with Gasteiger partial charge in [0.1, 0.15) is 19.8 Å². The normalized spacial score (nSPS) is 12.5. The lowest BCUT2D eigenvalue weighted by atomic mass is 9.76. The third-order valence-corrected chi connectivity index (χ3v) is 5.74. The van der Waals surface area contributed by atoms with Gasteiger partial charge in [0.05, 0.1) is 32.5 Å². The molecule has 0 aromatic rings. The Hall–Kier alpha value is -3.36. The highest BCUT2D eigenvalue weighted by Gasteiger charge is 2.33. The van der Waals surface area contributed by atoms with Crippen LogP contribution in [0.1, 0.15) is 55.4 Å². The second-order valence-corrected chi connectivity index (χ2v) is 11.4. The van der Waals surface area contributed by atoms with Crippen molar-refractivity contribution < 1.29 is 63.7 Å². The molecule has 0 aromatic carbocycles. The lowest BCUT2D eigenvalue weighted by molar-refractivity contribution is -0.147. The van der Waals surface area contributed by atoms with E-state index in [0.29, 0.717) is 11.1 Å². The fourth-order valence-electron chi connectivity index (χ4n) is 2.52. The molecule has 0 bridgehead atoms. The predicted octanol–water partition coefficient (Wildman–Crippen LogP) is 1.81. The molecule has 0 rings (SSSR count). The van der Waals surface area contributed by atoms with E-state index in [0.717, 1.165) is 0 Å². The molecule has 0 saturated heterocycles. The first-order valence-electron chi connectivity index (χ1n) is 14.1. The Kier molecular flexibility index (Phi) is 24.5. The Morgan fingerprint density at radius 3 is 1.44 bits per heavy atom. The van der Waals surface area contributed by atoms with Gasteiger partial charge in [0.15, 0.2) is 0 Å². The summed E-state index contributed by atoms with van der Waals surface area (Å²) < 4.78 is 19.2. The van der Waals surface area contributed by atoms with Crippen LogP contribution in [0.15, 0.2) is 48.1 Å². The molecule has 13 heteroatoms. The Balaban J connectivity index is -0.000000668. The third-order valence-electron chi connectivity index (χ3n) is 5.74. The van der Waals surface area contributed by atoms with Crippen molar-refractivity contribution in [1.82, 2.24) is 0 Å². The van der Waals surface area contributed by atoms with Gasteiger partial charge in [0.25, 0.3) is 0 Å². The second kappa shape index (κ2) is 23.9. The third kappa shape index (κ3) is 21.9. The molecule has 2 atom stereocenters. The van der Waals surface area contributed by atoms with E-state index in [9.17, 15) is 34.5 Å². The first kappa shape index (κ1) is 46.1. The van der Waals surface area contributed by atoms with E-state index in [-0.39, 0.29) is 56.2 Å². The van der Waals surface area contributed by atoms with E-state index in [4.69, 9.17) is 24.4 Å². The summed E-state index contributed by atoms with van der Waals surface area (Å²) in [5, 5.41) is 45.7. The van der Waals surface area contributed by atoms with Crippen LogP contribution >= 0.6 is 0 Å². The summed E-state index contributed by atoms with van der Waals surface area (Å²) >= 11 is 0. The van der Waals surface area contributed by atoms with Crippen molar-refractivity contribution in [2.24, 2.45) is 16.7 Å². The number of carbonyl (C=O) groups excluding carboxylic acids is 4. The first-order chi connectivity index (χ1) is 20.7. The number of hydrogen-bond acceptors (Lipinski definition) is 13. The molecule has 0 aliphatic heterocycles. The fourth-order valence-corrected chi connectivity index (χ4v) is 2.52. The van der Waals surface area contributed by atoms with Gasteiger partial charge in [0.2, 0.25) is 0 Å². The molecule has 5 N–H and O–H groups in total. The smallest absolute Gasteiger partial charge is 0.333 e. The van der Waals surface area contributed by atoms with Gasteiger partial charge in [-0.15, -0.1) is 0 Å². The largest absolute Gasteiger partial charge is 0.462 e. The van der Waals surface area contributed by atoms with Crippen molar-refractivity contribution in [3.63, 3.8) is 0 Å². The molecule has 0 aliphatic rings. The van der Waals surface area contributed by atoms with Crippen LogP contribution in [0.4, 0.5) is 0 Å². The van der Waals surface area contributed by atoms with Crippen molar-refractivity contribution in [3.05, 3.63) is 48.1 Å². The molecule has 0 heterocycles. The first-order valence-corrected chi connectivity index (χ1v) is 14.1. The molecule has 45 heavy (non-hydrogen) atoms. The lowest BCUT2D eigenvalue weighted by Crippen LogP contribution is -2.37. The molecule has 0 radical (unpaired) electrons. The van der Waals surface area contributed by atoms with Crippen molar-refractivity contribution in [2.45, 2.75) is 61.5 Å². The van der Waals surface area contributed by atoms with E-state index in [2.05, 4.69) is 24.5 Å². The average molecular weight is 647 g/mol. The van der Waals surface area contributed by atoms with Crippen LogP contribution in [0.5, 0.6) is 0 Å². The van der Waals surface area contributed by atoms with Crippen LogP contribution in [0, 0.1) is 16.7 Å². The van der Waals surface area contributed by atoms with E-state index in [1.807, 2.05) is 13.8 Å². The maximum absolute atomic E-state index is 11.9. The van der Waals surface area contributed by atoms with Crippen LogP contribution in [-0.4, -0.2) is 108 Å². The van der Waals surface area contributed by atoms with Crippen molar-refractivity contribution in [2.75, 3.05) is 52.9 Å². The zero-order chi connectivity index (χ0) is 36.0. The number of aliphatic hydroxyl groups is 5. The SMILES string of the molecule is C=C(C)C(=O)OCC(C)(C)CO.C=C(C)C(=O)OCC(C)O.C=C(C)C(=O)OCCOC(=O)C(C)=CC(CO)(CO)C(C)CO. The van der Waals surface area contributed by atoms with Gasteiger partial charge in [-0.05, 0) is 40.5 Å². The molecule has 2 unspecified atom stereocenters. The number of ether oxygens (including phenoxy) is 4. The van der Waals surface area contributed by atoms with E-state index < -0.39 is 54.5 Å². The van der Waals surface area contributed by atoms with Gasteiger partial charge in [-0.25, -0.2) is 19.2 Å². The van der Waals surface area contributed by atoms with Gasteiger partial charge in [-0.2, -0.15) is 0 Å². The summed E-state index contributed by atoms with van der Waals surface area (Å²) in [5.74, 6) is -2.54. The zero-order valence-corrected chi connectivity index (χ0v) is 28.0. The topological polar surface area (TPSA) is 206 Å². The van der Waals surface area contributed by atoms with Gasteiger partial charge < -0.3 is 44.5 Å². The molecule has 0 aromatic heterocycles. The predicted molar refractivity (Wildman–Crippen MR) is 167 cm³/mol. The highest BCUT2D eigenvalue weighted by atomic mass is 16.6. The van der Waals surface area contributed by atoms with E-state index in [1.165, 1.54) is 19.9 Å². The van der Waals surface area contributed by atoms with Crippen molar-refractivity contribution in [1.29, 1.82) is 0 Å². The number of carbonyl (C=O) groups is 4. The van der Waals surface area contributed by atoms with Crippen LogP contribution in [0.3, 0.4) is 0 Å². The number of aliphatic hydroxyl groups excluding tert-OH is 5. The molecule has 0 saturated carbocycles. The summed E-state index contributed by atoms with van der Waals surface area (Å²) in [6.45, 7) is 22.1. The highest BCUT2D eigenvalue weighted by molar-refractivity contribution is 5.88. The van der Waals surface area contributed by atoms with E-state index in [1.54, 1.807) is 27.7 Å². The van der Waals surface area contributed by atoms with Crippen LogP contribution in [-0.2, 0) is 38.1 Å². The minimum absolute atomic E-state index is 0.00350. The molecule has 0 fully saturated rings. The Morgan fingerprint density at radius 1 is 0.689 bits per heavy atom. The molecule has 260 valence electrons. The molecular weight excluding hydrogens is 592 g/mol. The zero-order valence-electron chi connectivity index (χ0n) is 28.0. The maximum Gasteiger partial charge on any atom is 0.333 e. The lowest BCUT2D eigenvalue weighted by Gasteiger charge is -2.32. The number of hydrogen-bond donors (Lipinski definition) is 5. The quantitative estimate of drug-likeness (QED) is 0.0662. The van der Waals surface area contributed by atoms with Crippen molar-refractivity contribution >= 4 is 23.9 Å². The summed E-state index contributed by atoms with van der Waals surface area (Å²) in [7, 11) is 0. The molecule has 0 amide bonds. The van der Waals surface area contributed by atoms with E-state index >= 15 is 0 Å². The monoisotopic (exact) mass is 646 g/mol. The Labute approximate surface area is 266 Å². The fraction of sp³-hybridized carbons (Fsp3) is 0.625. The number of rotatable bonds is 17.